The van der Waals surface area contributed by atoms with Gasteiger partial charge in [-0.1, -0.05) is 12.8 Å². The van der Waals surface area contributed by atoms with Gasteiger partial charge in [0.05, 0.1) is 12.2 Å². The maximum Gasteiger partial charge on any atom is 0.128 e. The lowest BCUT2D eigenvalue weighted by molar-refractivity contribution is 0.0297. The van der Waals surface area contributed by atoms with Gasteiger partial charge < -0.3 is 14.9 Å². The molecule has 1 fully saturated rings. The fourth-order valence-corrected chi connectivity index (χ4v) is 2.51. The van der Waals surface area contributed by atoms with Crippen LogP contribution in [0.2, 0.25) is 0 Å². The van der Waals surface area contributed by atoms with Gasteiger partial charge in [0.15, 0.2) is 0 Å². The van der Waals surface area contributed by atoms with Crippen molar-refractivity contribution in [3.8, 4) is 5.75 Å². The summed E-state index contributed by atoms with van der Waals surface area (Å²) in [4.78, 5) is 0. The Morgan fingerprint density at radius 2 is 2.00 bits per heavy atom. The van der Waals surface area contributed by atoms with Crippen LogP contribution >= 0.6 is 0 Å². The Morgan fingerprint density at radius 1 is 1.26 bits per heavy atom. The number of halogens is 1. The predicted molar refractivity (Wildman–Crippen MR) is 70.5 cm³/mol. The number of hydrogen-bond acceptors (Lipinski definition) is 3. The minimum absolute atomic E-state index is 0.318. The number of benzene rings is 1. The highest BCUT2D eigenvalue weighted by molar-refractivity contribution is 5.35. The molecule has 1 saturated carbocycles. The van der Waals surface area contributed by atoms with Crippen molar-refractivity contribution >= 4 is 0 Å². The average molecular weight is 268 g/mol. The summed E-state index contributed by atoms with van der Waals surface area (Å²) in [6, 6.07) is 4.11. The first-order valence-electron chi connectivity index (χ1n) is 6.90. The second kappa shape index (κ2) is 6.35. The van der Waals surface area contributed by atoms with Crippen LogP contribution in [0.5, 0.6) is 5.75 Å². The Bertz CT molecular complexity index is 420. The molecular formula is C15H21FO3. The standard InChI is InChI=1S/C15H21FO3/c1-10(17)12-8-7-11(16)9-15(12)19-14-6-4-2-3-5-13(14)18/h7-10,13-14,17-18H,2-6H2,1H3/t10-,13?,14?/m0/s1. The lowest BCUT2D eigenvalue weighted by Crippen LogP contribution is -2.31. The van der Waals surface area contributed by atoms with Gasteiger partial charge in [0.25, 0.3) is 0 Å². The lowest BCUT2D eigenvalue weighted by atomic mass is 10.1. The van der Waals surface area contributed by atoms with Crippen LogP contribution in [-0.4, -0.2) is 22.4 Å². The molecule has 1 aliphatic rings. The van der Waals surface area contributed by atoms with Crippen LogP contribution in [0, 0.1) is 5.82 Å². The number of rotatable bonds is 3. The van der Waals surface area contributed by atoms with Crippen LogP contribution in [0.1, 0.15) is 50.7 Å². The van der Waals surface area contributed by atoms with Gasteiger partial charge in [-0.15, -0.1) is 0 Å². The summed E-state index contributed by atoms with van der Waals surface area (Å²) < 4.78 is 19.1. The molecule has 0 saturated heterocycles. The van der Waals surface area contributed by atoms with E-state index < -0.39 is 18.0 Å². The Hall–Kier alpha value is -1.13. The Balaban J connectivity index is 2.18. The molecule has 0 aromatic heterocycles. The van der Waals surface area contributed by atoms with E-state index in [2.05, 4.69) is 0 Å². The number of aliphatic hydroxyl groups excluding tert-OH is 2. The summed E-state index contributed by atoms with van der Waals surface area (Å²) in [6.07, 6.45) is 2.99. The molecular weight excluding hydrogens is 247 g/mol. The molecule has 0 bridgehead atoms. The first-order valence-corrected chi connectivity index (χ1v) is 6.90. The van der Waals surface area contributed by atoms with Gasteiger partial charge >= 0.3 is 0 Å². The lowest BCUT2D eigenvalue weighted by Gasteiger charge is -2.24. The van der Waals surface area contributed by atoms with Gasteiger partial charge in [-0.2, -0.15) is 0 Å². The number of aliphatic hydroxyl groups is 2. The quantitative estimate of drug-likeness (QED) is 0.829. The zero-order valence-corrected chi connectivity index (χ0v) is 11.2. The van der Waals surface area contributed by atoms with E-state index in [1.54, 1.807) is 6.92 Å². The van der Waals surface area contributed by atoms with Crippen molar-refractivity contribution in [2.75, 3.05) is 0 Å². The van der Waals surface area contributed by atoms with Gasteiger partial charge in [0.1, 0.15) is 17.7 Å². The van der Waals surface area contributed by atoms with Crippen molar-refractivity contribution in [2.24, 2.45) is 0 Å². The maximum absolute atomic E-state index is 13.3. The van der Waals surface area contributed by atoms with Gasteiger partial charge in [0.2, 0.25) is 0 Å². The third-order valence-electron chi connectivity index (χ3n) is 3.62. The van der Waals surface area contributed by atoms with Crippen LogP contribution in [0.3, 0.4) is 0 Å². The van der Waals surface area contributed by atoms with Crippen molar-refractivity contribution in [3.05, 3.63) is 29.6 Å². The molecule has 2 N–H and O–H groups in total. The molecule has 2 unspecified atom stereocenters. The summed E-state index contributed by atoms with van der Waals surface area (Å²) in [5, 5.41) is 19.7. The second-order valence-corrected chi connectivity index (χ2v) is 5.22. The zero-order valence-electron chi connectivity index (χ0n) is 11.2. The van der Waals surface area contributed by atoms with Gasteiger partial charge in [-0.25, -0.2) is 4.39 Å². The van der Waals surface area contributed by atoms with Gasteiger partial charge in [-0.3, -0.25) is 0 Å². The van der Waals surface area contributed by atoms with Crippen molar-refractivity contribution in [1.82, 2.24) is 0 Å². The normalized spacial score (nSPS) is 25.7. The first kappa shape index (κ1) is 14.3. The third-order valence-corrected chi connectivity index (χ3v) is 3.62. The smallest absolute Gasteiger partial charge is 0.128 e. The van der Waals surface area contributed by atoms with E-state index >= 15 is 0 Å². The Labute approximate surface area is 113 Å². The van der Waals surface area contributed by atoms with Gasteiger partial charge in [-0.05, 0) is 38.3 Å². The van der Waals surface area contributed by atoms with Crippen molar-refractivity contribution in [1.29, 1.82) is 0 Å². The maximum atomic E-state index is 13.3. The minimum Gasteiger partial charge on any atom is -0.487 e. The fourth-order valence-electron chi connectivity index (χ4n) is 2.51. The molecule has 0 amide bonds. The van der Waals surface area contributed by atoms with E-state index in [1.807, 2.05) is 0 Å². The van der Waals surface area contributed by atoms with Crippen LogP contribution in [0.25, 0.3) is 0 Å². The topological polar surface area (TPSA) is 49.7 Å². The first-order chi connectivity index (χ1) is 9.08. The second-order valence-electron chi connectivity index (χ2n) is 5.22. The highest BCUT2D eigenvalue weighted by Gasteiger charge is 2.24. The third kappa shape index (κ3) is 3.67. The van der Waals surface area contributed by atoms with Crippen molar-refractivity contribution in [3.63, 3.8) is 0 Å². The molecule has 3 nitrogen and oxygen atoms in total. The summed E-state index contributed by atoms with van der Waals surface area (Å²) in [5.41, 5.74) is 0.554. The van der Waals surface area contributed by atoms with E-state index in [0.29, 0.717) is 17.7 Å². The molecule has 1 aliphatic carbocycles. The zero-order chi connectivity index (χ0) is 13.8. The number of hydrogen-bond donors (Lipinski definition) is 2. The molecule has 106 valence electrons. The molecule has 0 aliphatic heterocycles. The van der Waals surface area contributed by atoms with E-state index in [9.17, 15) is 14.6 Å². The molecule has 4 heteroatoms. The summed E-state index contributed by atoms with van der Waals surface area (Å²) in [6.45, 7) is 1.61. The Morgan fingerprint density at radius 3 is 2.74 bits per heavy atom. The highest BCUT2D eigenvalue weighted by atomic mass is 19.1. The molecule has 0 spiro atoms. The van der Waals surface area contributed by atoms with Crippen LogP contribution in [-0.2, 0) is 0 Å². The van der Waals surface area contributed by atoms with Crippen LogP contribution in [0.4, 0.5) is 4.39 Å². The van der Waals surface area contributed by atoms with Crippen LogP contribution in [0.15, 0.2) is 18.2 Å². The predicted octanol–water partition coefficient (Wildman–Crippen LogP) is 2.95. The summed E-state index contributed by atoms with van der Waals surface area (Å²) in [5.74, 6) is -0.0662. The highest BCUT2D eigenvalue weighted by Crippen LogP contribution is 2.30. The van der Waals surface area contributed by atoms with Crippen molar-refractivity contribution in [2.45, 2.75) is 57.3 Å². The molecule has 3 atom stereocenters. The van der Waals surface area contributed by atoms with Crippen molar-refractivity contribution < 1.29 is 19.3 Å². The summed E-state index contributed by atoms with van der Waals surface area (Å²) in [7, 11) is 0. The monoisotopic (exact) mass is 268 g/mol. The SMILES string of the molecule is C[C@H](O)c1ccc(F)cc1OC1CCCCCC1O. The van der Waals surface area contributed by atoms with E-state index in [0.717, 1.165) is 25.7 Å². The molecule has 2 rings (SSSR count). The number of ether oxygens (including phenoxy) is 1. The fraction of sp³-hybridized carbons (Fsp3) is 0.600. The van der Waals surface area contributed by atoms with E-state index in [1.165, 1.54) is 18.2 Å². The molecule has 1 aromatic carbocycles. The van der Waals surface area contributed by atoms with Gasteiger partial charge in [0, 0.05) is 11.6 Å². The minimum atomic E-state index is -0.724. The molecule has 19 heavy (non-hydrogen) atoms. The average Bonchev–Trinajstić information content (AvgIpc) is 2.55. The van der Waals surface area contributed by atoms with E-state index in [-0.39, 0.29) is 6.10 Å². The molecule has 1 aromatic rings. The largest absolute Gasteiger partial charge is 0.487 e. The molecule has 0 heterocycles. The van der Waals surface area contributed by atoms with Crippen LogP contribution < -0.4 is 4.74 Å². The molecule has 0 radical (unpaired) electrons. The Kier molecular flexibility index (Phi) is 4.77. The van der Waals surface area contributed by atoms with E-state index in [4.69, 9.17) is 4.74 Å². The summed E-state index contributed by atoms with van der Waals surface area (Å²) >= 11 is 0.